The van der Waals surface area contributed by atoms with E-state index >= 15 is 0 Å². The average Bonchev–Trinajstić information content (AvgIpc) is 2.32. The maximum atomic E-state index is 10.4. The minimum Gasteiger partial charge on any atom is -0.478 e. The Labute approximate surface area is 101 Å². The highest BCUT2D eigenvalue weighted by Crippen LogP contribution is 2.11. The number of carboxylic acids is 1. The zero-order chi connectivity index (χ0) is 13.1. The van der Waals surface area contributed by atoms with Gasteiger partial charge in [0.15, 0.2) is 0 Å². The summed E-state index contributed by atoms with van der Waals surface area (Å²) in [5.41, 5.74) is 0.242. The van der Waals surface area contributed by atoms with E-state index in [2.05, 4.69) is 13.5 Å². The van der Waals surface area contributed by atoms with Crippen LogP contribution in [0.4, 0.5) is 0 Å². The molecule has 4 nitrogen and oxygen atoms in total. The number of carboxylic acid groups (broad SMARTS) is 1. The molecule has 0 aliphatic carbocycles. The van der Waals surface area contributed by atoms with E-state index in [0.717, 1.165) is 12.8 Å². The van der Waals surface area contributed by atoms with E-state index in [9.17, 15) is 4.79 Å². The van der Waals surface area contributed by atoms with Gasteiger partial charge in [0.1, 0.15) is 5.75 Å². The first-order chi connectivity index (χ1) is 8.15. The van der Waals surface area contributed by atoms with Gasteiger partial charge in [-0.05, 0) is 30.7 Å². The van der Waals surface area contributed by atoms with Gasteiger partial charge in [0.25, 0.3) is 0 Å². The normalized spacial score (nSPS) is 8.82. The predicted molar refractivity (Wildman–Crippen MR) is 66.2 cm³/mol. The molecule has 0 unspecified atom stereocenters. The highest BCUT2D eigenvalue weighted by Gasteiger charge is 2.00. The monoisotopic (exact) mass is 238 g/mol. The van der Waals surface area contributed by atoms with Crippen molar-refractivity contribution in [1.29, 1.82) is 0 Å². The molecule has 0 heterocycles. The van der Waals surface area contributed by atoms with Gasteiger partial charge in [0.05, 0.1) is 11.8 Å². The van der Waals surface area contributed by atoms with Crippen LogP contribution in [0.5, 0.6) is 5.75 Å². The first-order valence-corrected chi connectivity index (χ1v) is 5.37. The smallest absolute Gasteiger partial charge is 0.335 e. The molecule has 4 heteroatoms. The van der Waals surface area contributed by atoms with Crippen LogP contribution in [0.15, 0.2) is 37.1 Å². The number of aliphatic hydroxyl groups is 1. The molecule has 0 aliphatic rings. The van der Waals surface area contributed by atoms with Crippen molar-refractivity contribution in [2.24, 2.45) is 0 Å². The predicted octanol–water partition coefficient (Wildman–Crippen LogP) is 2.69. The Hall–Kier alpha value is -1.81. The summed E-state index contributed by atoms with van der Waals surface area (Å²) in [6.07, 6.45) is 3.33. The van der Waals surface area contributed by atoms with E-state index in [1.54, 1.807) is 12.1 Å². The average molecular weight is 238 g/mol. The fraction of sp³-hybridized carbons (Fsp3) is 0.308. The van der Waals surface area contributed by atoms with Crippen molar-refractivity contribution in [2.75, 3.05) is 6.61 Å². The molecule has 0 saturated carbocycles. The van der Waals surface area contributed by atoms with Crippen LogP contribution < -0.4 is 4.74 Å². The Bertz CT molecular complexity index is 328. The number of carbonyl (C=O) groups is 1. The van der Waals surface area contributed by atoms with Crippen LogP contribution in [0.3, 0.4) is 0 Å². The number of ether oxygens (including phenoxy) is 1. The van der Waals surface area contributed by atoms with E-state index < -0.39 is 5.97 Å². The second kappa shape index (κ2) is 9.42. The van der Waals surface area contributed by atoms with Crippen LogP contribution in [0.1, 0.15) is 30.1 Å². The summed E-state index contributed by atoms with van der Waals surface area (Å²) in [7, 11) is 0. The lowest BCUT2D eigenvalue weighted by atomic mass is 10.2. The second-order valence-corrected chi connectivity index (χ2v) is 3.19. The third kappa shape index (κ3) is 7.14. The molecule has 17 heavy (non-hydrogen) atoms. The highest BCUT2D eigenvalue weighted by molar-refractivity contribution is 5.87. The van der Waals surface area contributed by atoms with E-state index in [0.29, 0.717) is 12.4 Å². The molecule has 0 atom stereocenters. The third-order valence-corrected chi connectivity index (χ3v) is 1.83. The van der Waals surface area contributed by atoms with Gasteiger partial charge in [-0.2, -0.15) is 0 Å². The van der Waals surface area contributed by atoms with E-state index in [1.807, 2.05) is 0 Å². The number of hydrogen-bond acceptors (Lipinski definition) is 3. The second-order valence-electron chi connectivity index (χ2n) is 3.19. The number of benzene rings is 1. The van der Waals surface area contributed by atoms with Crippen LogP contribution in [0, 0.1) is 0 Å². The lowest BCUT2D eigenvalue weighted by Crippen LogP contribution is -1.94. The lowest BCUT2D eigenvalue weighted by molar-refractivity contribution is 0.0697. The van der Waals surface area contributed by atoms with Crippen LogP contribution >= 0.6 is 0 Å². The van der Waals surface area contributed by atoms with E-state index in [-0.39, 0.29) is 5.56 Å². The fourth-order valence-corrected chi connectivity index (χ4v) is 0.930. The number of aromatic carboxylic acids is 1. The standard InChI is InChI=1S/C9H8O3.C4H10O/c1-2-12-8-5-3-7(4-6-8)9(10)11;1-2-3-4-5/h2-6H,1H2,(H,10,11);5H,2-4H2,1H3. The molecule has 0 saturated heterocycles. The maximum absolute atomic E-state index is 10.4. The van der Waals surface area contributed by atoms with Crippen LogP contribution in [-0.2, 0) is 0 Å². The zero-order valence-corrected chi connectivity index (χ0v) is 9.93. The molecule has 0 fully saturated rings. The van der Waals surface area contributed by atoms with Crippen LogP contribution in [0.2, 0.25) is 0 Å². The lowest BCUT2D eigenvalue weighted by Gasteiger charge is -1.98. The molecule has 1 rings (SSSR count). The molecular formula is C13H18O4. The van der Waals surface area contributed by atoms with Gasteiger partial charge in [0, 0.05) is 6.61 Å². The SMILES string of the molecule is C=COc1ccc(C(=O)O)cc1.CCCCO. The summed E-state index contributed by atoms with van der Waals surface area (Å²) in [5, 5.41) is 16.6. The van der Waals surface area contributed by atoms with Crippen molar-refractivity contribution in [2.45, 2.75) is 19.8 Å². The summed E-state index contributed by atoms with van der Waals surface area (Å²) >= 11 is 0. The Morgan fingerprint density at radius 1 is 1.41 bits per heavy atom. The molecule has 0 spiro atoms. The van der Waals surface area contributed by atoms with Gasteiger partial charge in [-0.3, -0.25) is 0 Å². The van der Waals surface area contributed by atoms with Gasteiger partial charge in [-0.1, -0.05) is 19.9 Å². The highest BCUT2D eigenvalue weighted by atomic mass is 16.5. The molecule has 0 aromatic heterocycles. The van der Waals surface area contributed by atoms with Crippen molar-refractivity contribution >= 4 is 5.97 Å². The van der Waals surface area contributed by atoms with Crippen molar-refractivity contribution in [3.8, 4) is 5.75 Å². The first kappa shape index (κ1) is 15.2. The van der Waals surface area contributed by atoms with Gasteiger partial charge < -0.3 is 14.9 Å². The van der Waals surface area contributed by atoms with Crippen LogP contribution in [-0.4, -0.2) is 22.8 Å². The molecule has 1 aromatic carbocycles. The quantitative estimate of drug-likeness (QED) is 0.774. The number of rotatable bonds is 5. The molecule has 94 valence electrons. The topological polar surface area (TPSA) is 66.8 Å². The van der Waals surface area contributed by atoms with Crippen molar-refractivity contribution in [3.63, 3.8) is 0 Å². The Kier molecular flexibility index (Phi) is 8.42. The maximum Gasteiger partial charge on any atom is 0.335 e. The van der Waals surface area contributed by atoms with Gasteiger partial charge in [0.2, 0.25) is 0 Å². The fourth-order valence-electron chi connectivity index (χ4n) is 0.930. The summed E-state index contributed by atoms with van der Waals surface area (Å²) in [6, 6.07) is 6.10. The molecule has 0 aliphatic heterocycles. The molecule has 1 aromatic rings. The summed E-state index contributed by atoms with van der Waals surface area (Å²) in [5.74, 6) is -0.366. The van der Waals surface area contributed by atoms with Crippen LogP contribution in [0.25, 0.3) is 0 Å². The number of hydrogen-bond donors (Lipinski definition) is 2. The van der Waals surface area contributed by atoms with E-state index in [4.69, 9.17) is 14.9 Å². The summed E-state index contributed by atoms with van der Waals surface area (Å²) < 4.78 is 4.91. The van der Waals surface area contributed by atoms with Crippen molar-refractivity contribution < 1.29 is 19.7 Å². The first-order valence-electron chi connectivity index (χ1n) is 5.37. The Morgan fingerprint density at radius 3 is 2.29 bits per heavy atom. The molecule has 0 radical (unpaired) electrons. The summed E-state index contributed by atoms with van der Waals surface area (Å²) in [6.45, 7) is 5.77. The van der Waals surface area contributed by atoms with Gasteiger partial charge >= 0.3 is 5.97 Å². The number of aliphatic hydroxyl groups excluding tert-OH is 1. The van der Waals surface area contributed by atoms with E-state index in [1.165, 1.54) is 18.4 Å². The Balaban J connectivity index is 0.000000437. The molecule has 0 amide bonds. The van der Waals surface area contributed by atoms with Gasteiger partial charge in [-0.25, -0.2) is 4.79 Å². The molecule has 2 N–H and O–H groups in total. The molecule has 0 bridgehead atoms. The zero-order valence-electron chi connectivity index (χ0n) is 9.93. The molecular weight excluding hydrogens is 220 g/mol. The van der Waals surface area contributed by atoms with Crippen molar-refractivity contribution in [3.05, 3.63) is 42.7 Å². The minimum absolute atomic E-state index is 0.242. The summed E-state index contributed by atoms with van der Waals surface area (Å²) in [4.78, 5) is 10.4. The largest absolute Gasteiger partial charge is 0.478 e. The van der Waals surface area contributed by atoms with Crippen molar-refractivity contribution in [1.82, 2.24) is 0 Å². The Morgan fingerprint density at radius 2 is 2.00 bits per heavy atom. The number of unbranched alkanes of at least 4 members (excludes halogenated alkanes) is 1. The minimum atomic E-state index is -0.944. The third-order valence-electron chi connectivity index (χ3n) is 1.83. The van der Waals surface area contributed by atoms with Gasteiger partial charge in [-0.15, -0.1) is 0 Å².